The fourth-order valence-electron chi connectivity index (χ4n) is 0.734. The van der Waals surface area contributed by atoms with Gasteiger partial charge in [-0.3, -0.25) is 0 Å². The zero-order valence-corrected chi connectivity index (χ0v) is 6.53. The van der Waals surface area contributed by atoms with Crippen molar-refractivity contribution in [3.05, 3.63) is 30.3 Å². The molecular weight excluding hydrogens is 140 g/mol. The minimum Gasteiger partial charge on any atom is -0.491 e. The summed E-state index contributed by atoms with van der Waals surface area (Å²) < 4.78 is 5.22. The van der Waals surface area contributed by atoms with Crippen LogP contribution in [0.25, 0.3) is 0 Å². The SMILES string of the molecule is C[C@@H](O)COc1ccccc1. The number of rotatable bonds is 3. The molecule has 0 heterocycles. The Hall–Kier alpha value is -1.02. The summed E-state index contributed by atoms with van der Waals surface area (Å²) in [7, 11) is 0. The number of aliphatic hydroxyl groups is 1. The summed E-state index contributed by atoms with van der Waals surface area (Å²) in [5.74, 6) is 0.799. The normalized spacial score (nSPS) is 12.5. The second-order valence-corrected chi connectivity index (χ2v) is 2.47. The van der Waals surface area contributed by atoms with Crippen LogP contribution in [0, 0.1) is 0 Å². The first-order valence-corrected chi connectivity index (χ1v) is 3.65. The summed E-state index contributed by atoms with van der Waals surface area (Å²) in [5.41, 5.74) is 0. The third-order valence-corrected chi connectivity index (χ3v) is 1.23. The molecule has 0 saturated carbocycles. The molecule has 1 aromatic carbocycles. The first kappa shape index (κ1) is 8.08. The van der Waals surface area contributed by atoms with Crippen molar-refractivity contribution in [1.82, 2.24) is 0 Å². The molecule has 2 heteroatoms. The van der Waals surface area contributed by atoms with Crippen molar-refractivity contribution in [3.63, 3.8) is 0 Å². The van der Waals surface area contributed by atoms with Crippen LogP contribution in [0.2, 0.25) is 0 Å². The predicted octanol–water partition coefficient (Wildman–Crippen LogP) is 1.45. The van der Waals surface area contributed by atoms with Gasteiger partial charge in [0, 0.05) is 0 Å². The van der Waals surface area contributed by atoms with Crippen molar-refractivity contribution in [2.75, 3.05) is 6.61 Å². The Morgan fingerprint density at radius 1 is 1.36 bits per heavy atom. The van der Waals surface area contributed by atoms with E-state index in [9.17, 15) is 0 Å². The summed E-state index contributed by atoms with van der Waals surface area (Å²) in [5, 5.41) is 8.89. The highest BCUT2D eigenvalue weighted by Gasteiger charge is 1.95. The van der Waals surface area contributed by atoms with Gasteiger partial charge in [0.2, 0.25) is 0 Å². The molecular formula is C9H12O2. The molecule has 0 bridgehead atoms. The van der Waals surface area contributed by atoms with E-state index in [-0.39, 0.29) is 0 Å². The van der Waals surface area contributed by atoms with Crippen LogP contribution in [-0.4, -0.2) is 17.8 Å². The first-order valence-electron chi connectivity index (χ1n) is 3.65. The molecule has 60 valence electrons. The molecule has 0 amide bonds. The smallest absolute Gasteiger partial charge is 0.119 e. The summed E-state index contributed by atoms with van der Waals surface area (Å²) >= 11 is 0. The van der Waals surface area contributed by atoms with E-state index in [0.29, 0.717) is 6.61 Å². The quantitative estimate of drug-likeness (QED) is 0.710. The van der Waals surface area contributed by atoms with E-state index >= 15 is 0 Å². The minimum atomic E-state index is -0.407. The van der Waals surface area contributed by atoms with Crippen LogP contribution in [-0.2, 0) is 0 Å². The molecule has 0 aliphatic carbocycles. The number of aliphatic hydroxyl groups excluding tert-OH is 1. The van der Waals surface area contributed by atoms with Crippen LogP contribution >= 0.6 is 0 Å². The Labute approximate surface area is 66.4 Å². The number of para-hydroxylation sites is 1. The van der Waals surface area contributed by atoms with E-state index in [1.54, 1.807) is 6.92 Å². The molecule has 11 heavy (non-hydrogen) atoms. The molecule has 1 N–H and O–H groups in total. The highest BCUT2D eigenvalue weighted by molar-refractivity contribution is 5.20. The van der Waals surface area contributed by atoms with Gasteiger partial charge in [-0.05, 0) is 19.1 Å². The maximum Gasteiger partial charge on any atom is 0.119 e. The maximum atomic E-state index is 8.89. The molecule has 0 saturated heterocycles. The summed E-state index contributed by atoms with van der Waals surface area (Å²) in [6, 6.07) is 9.45. The number of hydrogen-bond acceptors (Lipinski definition) is 2. The van der Waals surface area contributed by atoms with Crippen LogP contribution in [0.15, 0.2) is 30.3 Å². The lowest BCUT2D eigenvalue weighted by Crippen LogP contribution is -2.12. The summed E-state index contributed by atoms with van der Waals surface area (Å²) in [6.07, 6.45) is -0.407. The fraction of sp³-hybridized carbons (Fsp3) is 0.333. The second-order valence-electron chi connectivity index (χ2n) is 2.47. The Bertz CT molecular complexity index is 194. The number of benzene rings is 1. The third-order valence-electron chi connectivity index (χ3n) is 1.23. The van der Waals surface area contributed by atoms with Crippen molar-refractivity contribution < 1.29 is 9.84 Å². The van der Waals surface area contributed by atoms with Gasteiger partial charge in [-0.1, -0.05) is 18.2 Å². The highest BCUT2D eigenvalue weighted by Crippen LogP contribution is 2.07. The molecule has 0 radical (unpaired) electrons. The standard InChI is InChI=1S/C9H12O2/c1-8(10)7-11-9-5-3-2-4-6-9/h2-6,8,10H,7H2,1H3/t8-/m1/s1. The average molecular weight is 152 g/mol. The van der Waals surface area contributed by atoms with E-state index in [1.807, 2.05) is 30.3 Å². The number of ether oxygens (including phenoxy) is 1. The molecule has 0 aromatic heterocycles. The fourth-order valence-corrected chi connectivity index (χ4v) is 0.734. The average Bonchev–Trinajstić information content (AvgIpc) is 2.03. The first-order chi connectivity index (χ1) is 5.29. The zero-order chi connectivity index (χ0) is 8.10. The van der Waals surface area contributed by atoms with Crippen LogP contribution in [0.1, 0.15) is 6.92 Å². The maximum absolute atomic E-state index is 8.89. The van der Waals surface area contributed by atoms with E-state index in [4.69, 9.17) is 9.84 Å². The Balaban J connectivity index is 2.39. The lowest BCUT2D eigenvalue weighted by Gasteiger charge is -2.06. The lowest BCUT2D eigenvalue weighted by molar-refractivity contribution is 0.123. The molecule has 0 aliphatic heterocycles. The van der Waals surface area contributed by atoms with Crippen molar-refractivity contribution in [2.24, 2.45) is 0 Å². The second kappa shape index (κ2) is 3.98. The van der Waals surface area contributed by atoms with Gasteiger partial charge in [-0.2, -0.15) is 0 Å². The molecule has 0 spiro atoms. The van der Waals surface area contributed by atoms with Crippen molar-refractivity contribution in [2.45, 2.75) is 13.0 Å². The van der Waals surface area contributed by atoms with Crippen LogP contribution in [0.4, 0.5) is 0 Å². The Kier molecular flexibility index (Phi) is 2.93. The van der Waals surface area contributed by atoms with Crippen LogP contribution < -0.4 is 4.74 Å². The largest absolute Gasteiger partial charge is 0.491 e. The summed E-state index contributed by atoms with van der Waals surface area (Å²) in [4.78, 5) is 0. The summed E-state index contributed by atoms with van der Waals surface area (Å²) in [6.45, 7) is 2.05. The lowest BCUT2D eigenvalue weighted by atomic mass is 10.3. The Morgan fingerprint density at radius 2 is 2.00 bits per heavy atom. The van der Waals surface area contributed by atoms with Gasteiger partial charge in [-0.15, -0.1) is 0 Å². The minimum absolute atomic E-state index is 0.351. The Morgan fingerprint density at radius 3 is 2.55 bits per heavy atom. The third kappa shape index (κ3) is 3.05. The van der Waals surface area contributed by atoms with Crippen LogP contribution in [0.5, 0.6) is 5.75 Å². The molecule has 0 aliphatic rings. The van der Waals surface area contributed by atoms with E-state index in [2.05, 4.69) is 0 Å². The molecule has 1 atom stereocenters. The highest BCUT2D eigenvalue weighted by atomic mass is 16.5. The van der Waals surface area contributed by atoms with Gasteiger partial charge < -0.3 is 9.84 Å². The topological polar surface area (TPSA) is 29.5 Å². The van der Waals surface area contributed by atoms with Gasteiger partial charge in [0.1, 0.15) is 12.4 Å². The van der Waals surface area contributed by atoms with Gasteiger partial charge in [-0.25, -0.2) is 0 Å². The predicted molar refractivity (Wildman–Crippen MR) is 43.6 cm³/mol. The van der Waals surface area contributed by atoms with Crippen LogP contribution in [0.3, 0.4) is 0 Å². The number of hydrogen-bond donors (Lipinski definition) is 1. The van der Waals surface area contributed by atoms with Gasteiger partial charge in [0.05, 0.1) is 6.10 Å². The monoisotopic (exact) mass is 152 g/mol. The zero-order valence-electron chi connectivity index (χ0n) is 6.53. The molecule has 1 rings (SSSR count). The van der Waals surface area contributed by atoms with Gasteiger partial charge in [0.25, 0.3) is 0 Å². The molecule has 2 nitrogen and oxygen atoms in total. The van der Waals surface area contributed by atoms with E-state index in [1.165, 1.54) is 0 Å². The van der Waals surface area contributed by atoms with Gasteiger partial charge >= 0.3 is 0 Å². The molecule has 0 fully saturated rings. The molecule has 1 aromatic rings. The van der Waals surface area contributed by atoms with Crippen molar-refractivity contribution >= 4 is 0 Å². The van der Waals surface area contributed by atoms with Gasteiger partial charge in [0.15, 0.2) is 0 Å². The molecule has 0 unspecified atom stereocenters. The van der Waals surface area contributed by atoms with E-state index in [0.717, 1.165) is 5.75 Å². The van der Waals surface area contributed by atoms with Crippen molar-refractivity contribution in [3.8, 4) is 5.75 Å². The van der Waals surface area contributed by atoms with Crippen molar-refractivity contribution in [1.29, 1.82) is 0 Å². The van der Waals surface area contributed by atoms with E-state index < -0.39 is 6.10 Å².